The van der Waals surface area contributed by atoms with E-state index < -0.39 is 12.1 Å². The molecule has 0 aliphatic heterocycles. The van der Waals surface area contributed by atoms with Crippen LogP contribution in [-0.4, -0.2) is 49.7 Å². The lowest BCUT2D eigenvalue weighted by Gasteiger charge is -2.15. The monoisotopic (exact) mass is 333 g/mol. The smallest absolute Gasteiger partial charge is 0.340 e. The standard InChI is InChI=1S/C12H16BrNO5/c1-18-11-4-10(14-5-7(16)6-15)8(3-9(11)13)12(17)19-2/h3-4,7,14-16H,5-6H2,1-2H3. The minimum atomic E-state index is -0.917. The van der Waals surface area contributed by atoms with Gasteiger partial charge in [-0.15, -0.1) is 0 Å². The van der Waals surface area contributed by atoms with E-state index in [0.717, 1.165) is 0 Å². The van der Waals surface area contributed by atoms with Crippen molar-refractivity contribution in [3.63, 3.8) is 0 Å². The molecule has 0 bridgehead atoms. The van der Waals surface area contributed by atoms with Crippen LogP contribution in [-0.2, 0) is 4.74 Å². The summed E-state index contributed by atoms with van der Waals surface area (Å²) in [6.07, 6.45) is -0.917. The van der Waals surface area contributed by atoms with Crippen molar-refractivity contribution < 1.29 is 24.5 Å². The maximum Gasteiger partial charge on any atom is 0.340 e. The number of halogens is 1. The van der Waals surface area contributed by atoms with Gasteiger partial charge in [-0.05, 0) is 22.0 Å². The second-order valence-electron chi connectivity index (χ2n) is 3.74. The minimum absolute atomic E-state index is 0.102. The van der Waals surface area contributed by atoms with Crippen LogP contribution in [0.15, 0.2) is 16.6 Å². The Kier molecular flexibility index (Phi) is 6.07. The predicted molar refractivity (Wildman–Crippen MR) is 73.6 cm³/mol. The fourth-order valence-corrected chi connectivity index (χ4v) is 1.93. The van der Waals surface area contributed by atoms with Crippen molar-refractivity contribution in [1.29, 1.82) is 0 Å². The second kappa shape index (κ2) is 7.32. The summed E-state index contributed by atoms with van der Waals surface area (Å²) in [4.78, 5) is 11.7. The van der Waals surface area contributed by atoms with E-state index in [1.807, 2.05) is 0 Å². The number of methoxy groups -OCH3 is 2. The number of rotatable bonds is 6. The van der Waals surface area contributed by atoms with Crippen LogP contribution in [0.25, 0.3) is 0 Å². The molecule has 0 fully saturated rings. The van der Waals surface area contributed by atoms with Crippen LogP contribution in [0.2, 0.25) is 0 Å². The van der Waals surface area contributed by atoms with Gasteiger partial charge < -0.3 is 25.0 Å². The molecule has 6 nitrogen and oxygen atoms in total. The van der Waals surface area contributed by atoms with Gasteiger partial charge in [-0.25, -0.2) is 4.79 Å². The van der Waals surface area contributed by atoms with Gasteiger partial charge in [-0.3, -0.25) is 0 Å². The van der Waals surface area contributed by atoms with Crippen molar-refractivity contribution in [2.24, 2.45) is 0 Å². The predicted octanol–water partition coefficient (Wildman–Crippen LogP) is 1.01. The molecule has 1 aromatic carbocycles. The number of nitrogens with one attached hydrogen (secondary N) is 1. The summed E-state index contributed by atoms with van der Waals surface area (Å²) >= 11 is 3.28. The van der Waals surface area contributed by atoms with Crippen LogP contribution < -0.4 is 10.1 Å². The lowest BCUT2D eigenvalue weighted by atomic mass is 10.1. The molecule has 0 aromatic heterocycles. The summed E-state index contributed by atoms with van der Waals surface area (Å²) in [5.41, 5.74) is 0.764. The zero-order chi connectivity index (χ0) is 14.4. The zero-order valence-corrected chi connectivity index (χ0v) is 12.2. The molecule has 106 valence electrons. The molecule has 3 N–H and O–H groups in total. The zero-order valence-electron chi connectivity index (χ0n) is 10.6. The quantitative estimate of drug-likeness (QED) is 0.673. The third-order valence-corrected chi connectivity index (χ3v) is 3.06. The molecule has 0 spiro atoms. The highest BCUT2D eigenvalue weighted by molar-refractivity contribution is 9.10. The summed E-state index contributed by atoms with van der Waals surface area (Å²) in [6.45, 7) is -0.264. The summed E-state index contributed by atoms with van der Waals surface area (Å²) in [5, 5.41) is 21.0. The molecule has 0 aliphatic carbocycles. The van der Waals surface area contributed by atoms with Gasteiger partial charge in [0.2, 0.25) is 0 Å². The first-order valence-electron chi connectivity index (χ1n) is 5.52. The Hall–Kier alpha value is -1.31. The maximum atomic E-state index is 11.7. The number of hydrogen-bond donors (Lipinski definition) is 3. The molecule has 1 aromatic rings. The molecular formula is C12H16BrNO5. The number of aliphatic hydroxyl groups excluding tert-OH is 2. The molecule has 0 amide bonds. The Morgan fingerprint density at radius 3 is 2.68 bits per heavy atom. The summed E-state index contributed by atoms with van der Waals surface area (Å²) < 4.78 is 10.4. The largest absolute Gasteiger partial charge is 0.495 e. The normalized spacial score (nSPS) is 11.8. The Morgan fingerprint density at radius 1 is 1.47 bits per heavy atom. The fraction of sp³-hybridized carbons (Fsp3) is 0.417. The lowest BCUT2D eigenvalue weighted by molar-refractivity contribution is 0.0601. The van der Waals surface area contributed by atoms with E-state index in [0.29, 0.717) is 21.5 Å². The van der Waals surface area contributed by atoms with Crippen molar-refractivity contribution in [2.75, 3.05) is 32.7 Å². The van der Waals surface area contributed by atoms with Crippen molar-refractivity contribution in [3.05, 3.63) is 22.2 Å². The Morgan fingerprint density at radius 2 is 2.16 bits per heavy atom. The van der Waals surface area contributed by atoms with Crippen molar-refractivity contribution in [1.82, 2.24) is 0 Å². The molecular weight excluding hydrogens is 318 g/mol. The fourth-order valence-electron chi connectivity index (χ4n) is 1.43. The number of benzene rings is 1. The number of carbonyl (C=O) groups excluding carboxylic acids is 1. The van der Waals surface area contributed by atoms with E-state index in [-0.39, 0.29) is 13.2 Å². The number of hydrogen-bond acceptors (Lipinski definition) is 6. The average Bonchev–Trinajstić information content (AvgIpc) is 2.44. The van der Waals surface area contributed by atoms with Gasteiger partial charge in [0, 0.05) is 12.6 Å². The second-order valence-corrected chi connectivity index (χ2v) is 4.60. The first-order chi connectivity index (χ1) is 9.03. The molecule has 7 heteroatoms. The molecule has 0 radical (unpaired) electrons. The van der Waals surface area contributed by atoms with E-state index in [9.17, 15) is 9.90 Å². The van der Waals surface area contributed by atoms with Crippen LogP contribution in [0.4, 0.5) is 5.69 Å². The van der Waals surface area contributed by atoms with Gasteiger partial charge in [0.25, 0.3) is 0 Å². The maximum absolute atomic E-state index is 11.7. The van der Waals surface area contributed by atoms with Crippen molar-refractivity contribution >= 4 is 27.6 Å². The first-order valence-corrected chi connectivity index (χ1v) is 6.31. The van der Waals surface area contributed by atoms with Crippen molar-refractivity contribution in [3.8, 4) is 5.75 Å². The third kappa shape index (κ3) is 4.09. The highest BCUT2D eigenvalue weighted by atomic mass is 79.9. The van der Waals surface area contributed by atoms with E-state index in [2.05, 4.69) is 26.0 Å². The highest BCUT2D eigenvalue weighted by Gasteiger charge is 2.16. The van der Waals surface area contributed by atoms with Crippen LogP contribution in [0.3, 0.4) is 0 Å². The highest BCUT2D eigenvalue weighted by Crippen LogP contribution is 2.31. The summed E-state index contributed by atoms with van der Waals surface area (Å²) in [5.74, 6) is 0.0259. The van der Waals surface area contributed by atoms with E-state index >= 15 is 0 Å². The number of aliphatic hydroxyl groups is 2. The van der Waals surface area contributed by atoms with Crippen LogP contribution >= 0.6 is 15.9 Å². The topological polar surface area (TPSA) is 88.0 Å². The van der Waals surface area contributed by atoms with Crippen LogP contribution in [0.5, 0.6) is 5.75 Å². The Bertz CT molecular complexity index is 452. The molecule has 0 aliphatic rings. The van der Waals surface area contributed by atoms with Gasteiger partial charge >= 0.3 is 5.97 Å². The Labute approximate surface area is 119 Å². The molecule has 1 unspecified atom stereocenters. The minimum Gasteiger partial charge on any atom is -0.495 e. The van der Waals surface area contributed by atoms with E-state index in [4.69, 9.17) is 9.84 Å². The number of esters is 1. The molecule has 1 atom stereocenters. The number of ether oxygens (including phenoxy) is 2. The number of carbonyl (C=O) groups is 1. The molecule has 19 heavy (non-hydrogen) atoms. The molecule has 0 heterocycles. The first kappa shape index (κ1) is 15.7. The van der Waals surface area contributed by atoms with Gasteiger partial charge in [0.05, 0.1) is 42.7 Å². The molecule has 1 rings (SSSR count). The van der Waals surface area contributed by atoms with Gasteiger partial charge in [0.1, 0.15) is 5.75 Å². The van der Waals surface area contributed by atoms with Gasteiger partial charge in [0.15, 0.2) is 0 Å². The third-order valence-electron chi connectivity index (χ3n) is 2.44. The number of anilines is 1. The summed E-state index contributed by atoms with van der Waals surface area (Å²) in [7, 11) is 2.79. The van der Waals surface area contributed by atoms with E-state index in [1.54, 1.807) is 12.1 Å². The SMILES string of the molecule is COC(=O)c1cc(Br)c(OC)cc1NCC(O)CO. The van der Waals surface area contributed by atoms with E-state index in [1.165, 1.54) is 14.2 Å². The van der Waals surface area contributed by atoms with Gasteiger partial charge in [-0.1, -0.05) is 0 Å². The Balaban J connectivity index is 3.06. The molecule has 0 saturated carbocycles. The summed E-state index contributed by atoms with van der Waals surface area (Å²) in [6, 6.07) is 3.18. The average molecular weight is 334 g/mol. The molecule has 0 saturated heterocycles. The van der Waals surface area contributed by atoms with Crippen LogP contribution in [0.1, 0.15) is 10.4 Å². The van der Waals surface area contributed by atoms with Crippen molar-refractivity contribution in [2.45, 2.75) is 6.10 Å². The lowest BCUT2D eigenvalue weighted by Crippen LogP contribution is -2.24. The van der Waals surface area contributed by atoms with Gasteiger partial charge in [-0.2, -0.15) is 0 Å². The van der Waals surface area contributed by atoms with Crippen LogP contribution in [0, 0.1) is 0 Å².